The Kier molecular flexibility index (Phi) is 3.53. The molecule has 0 saturated heterocycles. The van der Waals surface area contributed by atoms with Gasteiger partial charge in [-0.25, -0.2) is 19.7 Å². The van der Waals surface area contributed by atoms with E-state index < -0.39 is 5.76 Å². The van der Waals surface area contributed by atoms with E-state index in [9.17, 15) is 9.90 Å². The highest BCUT2D eigenvalue weighted by Crippen LogP contribution is 2.19. The maximum absolute atomic E-state index is 12.2. The van der Waals surface area contributed by atoms with Crippen molar-refractivity contribution in [3.63, 3.8) is 0 Å². The molecule has 3 aromatic heterocycles. The molecule has 0 atom stereocenters. The number of aromatic hydroxyl groups is 1. The van der Waals surface area contributed by atoms with Crippen LogP contribution in [-0.4, -0.2) is 24.6 Å². The van der Waals surface area contributed by atoms with E-state index >= 15 is 0 Å². The van der Waals surface area contributed by atoms with Crippen LogP contribution in [0.2, 0.25) is 0 Å². The Morgan fingerprint density at radius 2 is 1.96 bits per heavy atom. The van der Waals surface area contributed by atoms with E-state index in [0.29, 0.717) is 23.6 Å². The van der Waals surface area contributed by atoms with Gasteiger partial charge in [-0.15, -0.1) is 0 Å². The summed E-state index contributed by atoms with van der Waals surface area (Å²) in [6, 6.07) is 11.1. The molecule has 4 aromatic rings. The van der Waals surface area contributed by atoms with Gasteiger partial charge in [0.2, 0.25) is 0 Å². The second-order valence-corrected chi connectivity index (χ2v) is 5.69. The third kappa shape index (κ3) is 2.87. The molecular weight excluding hydrogens is 320 g/mol. The number of hydrogen-bond acceptors (Lipinski definition) is 6. The Bertz CT molecular complexity index is 1110. The van der Waals surface area contributed by atoms with Crippen LogP contribution in [0.25, 0.3) is 22.6 Å². The number of aryl methyl sites for hydroxylation is 1. The molecule has 7 nitrogen and oxygen atoms in total. The largest absolute Gasteiger partial charge is 0.505 e. The van der Waals surface area contributed by atoms with Gasteiger partial charge in [0.25, 0.3) is 0 Å². The second kappa shape index (κ2) is 5.86. The van der Waals surface area contributed by atoms with Crippen molar-refractivity contribution < 1.29 is 9.52 Å². The zero-order valence-electron chi connectivity index (χ0n) is 13.4. The Hall–Kier alpha value is -3.48. The van der Waals surface area contributed by atoms with Crippen molar-refractivity contribution in [1.82, 2.24) is 19.5 Å². The van der Waals surface area contributed by atoms with Gasteiger partial charge in [-0.1, -0.05) is 18.2 Å². The number of pyridine rings is 1. The summed E-state index contributed by atoms with van der Waals surface area (Å²) in [7, 11) is 0. The number of hydrogen-bond donors (Lipinski definition) is 1. The number of aromatic nitrogens is 4. The van der Waals surface area contributed by atoms with Gasteiger partial charge < -0.3 is 9.52 Å². The summed E-state index contributed by atoms with van der Waals surface area (Å²) in [5.41, 5.74) is 3.49. The molecule has 0 bridgehead atoms. The first-order valence-corrected chi connectivity index (χ1v) is 7.67. The molecule has 1 aromatic carbocycles. The van der Waals surface area contributed by atoms with E-state index in [0.717, 1.165) is 16.8 Å². The molecule has 0 saturated carbocycles. The number of fused-ring (bicyclic) bond motifs is 1. The van der Waals surface area contributed by atoms with Gasteiger partial charge in [0.05, 0.1) is 18.9 Å². The minimum absolute atomic E-state index is 0.0118. The van der Waals surface area contributed by atoms with Crippen LogP contribution in [0.4, 0.5) is 0 Å². The first-order chi connectivity index (χ1) is 12.1. The van der Waals surface area contributed by atoms with Crippen molar-refractivity contribution in [3.05, 3.63) is 70.6 Å². The normalized spacial score (nSPS) is 11.1. The maximum atomic E-state index is 12.2. The summed E-state index contributed by atoms with van der Waals surface area (Å²) in [6.07, 6.45) is 2.69. The zero-order valence-corrected chi connectivity index (χ0v) is 13.4. The molecule has 1 N–H and O–H groups in total. The fourth-order valence-electron chi connectivity index (χ4n) is 2.64. The van der Waals surface area contributed by atoms with Crippen molar-refractivity contribution in [2.45, 2.75) is 13.5 Å². The first-order valence-electron chi connectivity index (χ1n) is 7.67. The van der Waals surface area contributed by atoms with Gasteiger partial charge in [0, 0.05) is 11.3 Å². The van der Waals surface area contributed by atoms with Crippen LogP contribution in [0.15, 0.2) is 58.0 Å². The molecular formula is C18H14N4O3. The highest BCUT2D eigenvalue weighted by atomic mass is 16.4. The molecule has 25 heavy (non-hydrogen) atoms. The van der Waals surface area contributed by atoms with Crippen LogP contribution >= 0.6 is 0 Å². The Morgan fingerprint density at radius 3 is 2.76 bits per heavy atom. The number of rotatable bonds is 3. The summed E-state index contributed by atoms with van der Waals surface area (Å²) in [4.78, 5) is 24.8. The van der Waals surface area contributed by atoms with Crippen LogP contribution < -0.4 is 5.76 Å². The Labute approximate surface area is 142 Å². The highest BCUT2D eigenvalue weighted by Gasteiger charge is 2.12. The highest BCUT2D eigenvalue weighted by molar-refractivity contribution is 5.68. The van der Waals surface area contributed by atoms with Gasteiger partial charge in [0.1, 0.15) is 0 Å². The van der Waals surface area contributed by atoms with Gasteiger partial charge in [-0.2, -0.15) is 0 Å². The van der Waals surface area contributed by atoms with Crippen molar-refractivity contribution in [2.75, 3.05) is 0 Å². The van der Waals surface area contributed by atoms with Crippen LogP contribution in [0, 0.1) is 6.92 Å². The lowest BCUT2D eigenvalue weighted by Gasteiger charge is -2.05. The second-order valence-electron chi connectivity index (χ2n) is 5.69. The van der Waals surface area contributed by atoms with E-state index in [-0.39, 0.29) is 5.75 Å². The average molecular weight is 334 g/mol. The molecule has 7 heteroatoms. The quantitative estimate of drug-likeness (QED) is 0.619. The Balaban J connectivity index is 1.73. The van der Waals surface area contributed by atoms with Gasteiger partial charge in [-0.3, -0.25) is 4.57 Å². The van der Waals surface area contributed by atoms with Crippen LogP contribution in [0.3, 0.4) is 0 Å². The van der Waals surface area contributed by atoms with E-state index in [4.69, 9.17) is 4.42 Å². The number of oxazole rings is 1. The van der Waals surface area contributed by atoms with Gasteiger partial charge >= 0.3 is 5.76 Å². The molecule has 4 rings (SSSR count). The SMILES string of the molecule is Cc1ccc2oc(=O)n(Cc3cccc(-c4ncc(O)cn4)c3)c2n1. The fraction of sp³-hybridized carbons (Fsp3) is 0.111. The third-order valence-electron chi connectivity index (χ3n) is 3.82. The lowest BCUT2D eigenvalue weighted by Crippen LogP contribution is -2.15. The minimum atomic E-state index is -0.445. The van der Waals surface area contributed by atoms with Crippen molar-refractivity contribution in [2.24, 2.45) is 0 Å². The number of benzene rings is 1. The molecule has 0 spiro atoms. The zero-order chi connectivity index (χ0) is 17.4. The summed E-state index contributed by atoms with van der Waals surface area (Å²) in [6.45, 7) is 2.19. The van der Waals surface area contributed by atoms with Crippen LogP contribution in [-0.2, 0) is 6.54 Å². The lowest BCUT2D eigenvalue weighted by molar-refractivity contribution is 0.470. The molecule has 0 amide bonds. The van der Waals surface area contributed by atoms with E-state index in [2.05, 4.69) is 15.0 Å². The maximum Gasteiger partial charge on any atom is 0.421 e. The van der Waals surface area contributed by atoms with Crippen LogP contribution in [0.1, 0.15) is 11.3 Å². The van der Waals surface area contributed by atoms with Gasteiger partial charge in [-0.05, 0) is 30.7 Å². The van der Waals surface area contributed by atoms with Gasteiger partial charge in [0.15, 0.2) is 22.8 Å². The lowest BCUT2D eigenvalue weighted by atomic mass is 10.1. The smallest absolute Gasteiger partial charge is 0.421 e. The average Bonchev–Trinajstić information content (AvgIpc) is 2.91. The van der Waals surface area contributed by atoms with Crippen molar-refractivity contribution >= 4 is 11.2 Å². The van der Waals surface area contributed by atoms with Crippen molar-refractivity contribution in [1.29, 1.82) is 0 Å². The molecule has 124 valence electrons. The minimum Gasteiger partial charge on any atom is -0.505 e. The standard InChI is InChI=1S/C18H14N4O3/c1-11-5-6-15-17(21-11)22(18(24)25-15)10-12-3-2-4-13(7-12)16-19-8-14(23)9-20-16/h2-9,23H,10H2,1H3. The molecule has 0 aliphatic carbocycles. The molecule has 0 aliphatic rings. The molecule has 0 radical (unpaired) electrons. The summed E-state index contributed by atoms with van der Waals surface area (Å²) in [5, 5.41) is 9.30. The predicted octanol–water partition coefficient (Wildman–Crippen LogP) is 2.51. The first kappa shape index (κ1) is 15.1. The summed E-state index contributed by atoms with van der Waals surface area (Å²) < 4.78 is 6.75. The Morgan fingerprint density at radius 1 is 1.16 bits per heavy atom. The third-order valence-corrected chi connectivity index (χ3v) is 3.82. The van der Waals surface area contributed by atoms with E-state index in [1.807, 2.05) is 31.2 Å². The van der Waals surface area contributed by atoms with Crippen molar-refractivity contribution in [3.8, 4) is 17.1 Å². The molecule has 0 fully saturated rings. The topological polar surface area (TPSA) is 94.0 Å². The van der Waals surface area contributed by atoms with E-state index in [1.165, 1.54) is 17.0 Å². The molecule has 0 unspecified atom stereocenters. The van der Waals surface area contributed by atoms with Crippen LogP contribution in [0.5, 0.6) is 5.75 Å². The van der Waals surface area contributed by atoms with E-state index in [1.54, 1.807) is 12.1 Å². The fourth-order valence-corrected chi connectivity index (χ4v) is 2.64. The summed E-state index contributed by atoms with van der Waals surface area (Å²) in [5.74, 6) is 0.0650. The number of nitrogens with zero attached hydrogens (tertiary/aromatic N) is 4. The monoisotopic (exact) mass is 334 g/mol. The predicted molar refractivity (Wildman–Crippen MR) is 91.2 cm³/mol. The molecule has 3 heterocycles. The summed E-state index contributed by atoms with van der Waals surface area (Å²) >= 11 is 0. The molecule has 0 aliphatic heterocycles.